The number of likely N-dealkylation sites (tertiary alicyclic amines) is 1. The highest BCUT2D eigenvalue weighted by molar-refractivity contribution is 5.97. The molecule has 0 aromatic carbocycles. The van der Waals surface area contributed by atoms with Crippen LogP contribution in [0.4, 0.5) is 0 Å². The van der Waals surface area contributed by atoms with Gasteiger partial charge in [-0.3, -0.25) is 19.2 Å². The van der Waals surface area contributed by atoms with E-state index in [1.807, 2.05) is 41.5 Å². The molecule has 1 aliphatic carbocycles. The van der Waals surface area contributed by atoms with Gasteiger partial charge < -0.3 is 20.6 Å². The highest BCUT2D eigenvalue weighted by Gasteiger charge is 2.48. The maximum absolute atomic E-state index is 13.7. The van der Waals surface area contributed by atoms with E-state index in [9.17, 15) is 24.3 Å². The number of Topliss-reactive ketones (excluding diaryl/α,β-unsaturated/α-hetero) is 2. The molecule has 0 radical (unpaired) electrons. The van der Waals surface area contributed by atoms with Gasteiger partial charge in [-0.1, -0.05) is 48.0 Å². The summed E-state index contributed by atoms with van der Waals surface area (Å²) in [5, 5.41) is 16.5. The van der Waals surface area contributed by atoms with Crippen LogP contribution in [0.15, 0.2) is 0 Å². The van der Waals surface area contributed by atoms with Crippen LogP contribution in [-0.4, -0.2) is 71.2 Å². The molecule has 3 N–H and O–H groups in total. The third-order valence-corrected chi connectivity index (χ3v) is 8.38. The number of hydrogen-bond donors (Lipinski definition) is 3. The Morgan fingerprint density at radius 2 is 1.78 bits per heavy atom. The van der Waals surface area contributed by atoms with Gasteiger partial charge in [0.2, 0.25) is 11.8 Å². The standard InChI is InChI=1S/C28H49N3O5/c1-9-17(4)24(31-13-10-18(5)23(29-8)27(31)36)22(33)15-20(19(6)32)26(35)30-21(14-16(2)3)25(34)28(7)11-12-28/h16-21,23-24,29,32H,9-15H2,1-8H3,(H,30,35)/t17-,18-,19+,20-,21-,23-,24-/m0/s1. The van der Waals surface area contributed by atoms with Crippen molar-refractivity contribution in [3.63, 3.8) is 0 Å². The Labute approximate surface area is 217 Å². The van der Waals surface area contributed by atoms with Crippen LogP contribution in [0, 0.1) is 29.1 Å². The molecule has 2 aliphatic rings. The molecule has 1 saturated carbocycles. The molecule has 36 heavy (non-hydrogen) atoms. The van der Waals surface area contributed by atoms with Gasteiger partial charge in [-0.2, -0.15) is 0 Å². The summed E-state index contributed by atoms with van der Waals surface area (Å²) in [7, 11) is 1.76. The smallest absolute Gasteiger partial charge is 0.240 e. The number of rotatable bonds is 14. The van der Waals surface area contributed by atoms with Crippen molar-refractivity contribution in [2.45, 2.75) is 111 Å². The molecular formula is C28H49N3O5. The molecule has 206 valence electrons. The fourth-order valence-electron chi connectivity index (χ4n) is 5.40. The van der Waals surface area contributed by atoms with E-state index in [1.165, 1.54) is 6.92 Å². The molecule has 1 heterocycles. The van der Waals surface area contributed by atoms with Crippen LogP contribution in [0.25, 0.3) is 0 Å². The molecule has 1 saturated heterocycles. The maximum atomic E-state index is 13.7. The van der Waals surface area contributed by atoms with Gasteiger partial charge in [0.1, 0.15) is 0 Å². The Bertz CT molecular complexity index is 807. The Morgan fingerprint density at radius 1 is 1.17 bits per heavy atom. The second-order valence-corrected chi connectivity index (χ2v) is 12.0. The van der Waals surface area contributed by atoms with Gasteiger partial charge >= 0.3 is 0 Å². The van der Waals surface area contributed by atoms with Gasteiger partial charge in [0.25, 0.3) is 0 Å². The summed E-state index contributed by atoms with van der Waals surface area (Å²) in [6.45, 7) is 13.9. The van der Waals surface area contributed by atoms with Gasteiger partial charge in [-0.05, 0) is 57.4 Å². The number of hydrogen-bond acceptors (Lipinski definition) is 6. The second-order valence-electron chi connectivity index (χ2n) is 12.0. The molecular weight excluding hydrogens is 458 g/mol. The average molecular weight is 508 g/mol. The predicted octanol–water partition coefficient (Wildman–Crippen LogP) is 2.71. The Hall–Kier alpha value is -1.80. The molecule has 8 heteroatoms. The Morgan fingerprint density at radius 3 is 2.25 bits per heavy atom. The van der Waals surface area contributed by atoms with E-state index in [4.69, 9.17) is 0 Å². The minimum Gasteiger partial charge on any atom is -0.393 e. The zero-order valence-corrected chi connectivity index (χ0v) is 23.6. The van der Waals surface area contributed by atoms with Crippen molar-refractivity contribution in [3.8, 4) is 0 Å². The second kappa shape index (κ2) is 12.6. The van der Waals surface area contributed by atoms with Crippen molar-refractivity contribution in [1.82, 2.24) is 15.5 Å². The van der Waals surface area contributed by atoms with Crippen LogP contribution in [0.3, 0.4) is 0 Å². The van der Waals surface area contributed by atoms with Gasteiger partial charge in [0, 0.05) is 18.4 Å². The lowest BCUT2D eigenvalue weighted by molar-refractivity contribution is -0.148. The zero-order chi connectivity index (χ0) is 27.4. The SMILES string of the molecule is CC[C@H](C)[C@@H](C(=O)C[C@H](C(=O)N[C@@H](CC(C)C)C(=O)C1(C)CC1)[C@@H](C)O)N1CC[C@H](C)[C@H](NC)C1=O. The lowest BCUT2D eigenvalue weighted by Gasteiger charge is -2.42. The Balaban J connectivity index is 2.22. The minimum absolute atomic E-state index is 0.0313. The number of ketones is 2. The molecule has 1 aliphatic heterocycles. The largest absolute Gasteiger partial charge is 0.393 e. The summed E-state index contributed by atoms with van der Waals surface area (Å²) in [5.41, 5.74) is -0.389. The van der Waals surface area contributed by atoms with E-state index < -0.39 is 30.0 Å². The summed E-state index contributed by atoms with van der Waals surface area (Å²) in [5.74, 6) is -1.45. The molecule has 0 unspecified atom stereocenters. The summed E-state index contributed by atoms with van der Waals surface area (Å²) >= 11 is 0. The quantitative estimate of drug-likeness (QED) is 0.333. The predicted molar refractivity (Wildman–Crippen MR) is 140 cm³/mol. The third kappa shape index (κ3) is 7.15. The van der Waals surface area contributed by atoms with E-state index in [1.54, 1.807) is 11.9 Å². The van der Waals surface area contributed by atoms with Crippen LogP contribution in [0.2, 0.25) is 0 Å². The number of aliphatic hydroxyl groups excluding tert-OH is 1. The number of aliphatic hydroxyl groups is 1. The minimum atomic E-state index is -1.07. The molecule has 0 bridgehead atoms. The molecule has 0 aromatic heterocycles. The summed E-state index contributed by atoms with van der Waals surface area (Å²) in [6, 6.07) is -1.63. The van der Waals surface area contributed by atoms with Gasteiger partial charge in [0.15, 0.2) is 11.6 Å². The van der Waals surface area contributed by atoms with E-state index in [0.717, 1.165) is 19.3 Å². The van der Waals surface area contributed by atoms with Crippen LogP contribution in [-0.2, 0) is 19.2 Å². The number of carbonyl (C=O) groups is 4. The van der Waals surface area contributed by atoms with E-state index in [-0.39, 0.29) is 53.1 Å². The molecule has 2 rings (SSSR count). The fraction of sp³-hybridized carbons (Fsp3) is 0.857. The van der Waals surface area contributed by atoms with Crippen molar-refractivity contribution in [2.24, 2.45) is 29.1 Å². The Kier molecular flexibility index (Phi) is 10.7. The lowest BCUT2D eigenvalue weighted by Crippen LogP contribution is -2.60. The normalized spacial score (nSPS) is 25.6. The molecule has 8 nitrogen and oxygen atoms in total. The molecule has 2 fully saturated rings. The van der Waals surface area contributed by atoms with Crippen molar-refractivity contribution >= 4 is 23.4 Å². The van der Waals surface area contributed by atoms with Crippen molar-refractivity contribution < 1.29 is 24.3 Å². The number of nitrogens with zero attached hydrogens (tertiary/aromatic N) is 1. The number of piperidine rings is 1. The van der Waals surface area contributed by atoms with Crippen LogP contribution < -0.4 is 10.6 Å². The van der Waals surface area contributed by atoms with Gasteiger partial charge in [-0.25, -0.2) is 0 Å². The summed E-state index contributed by atoms with van der Waals surface area (Å²) < 4.78 is 0. The maximum Gasteiger partial charge on any atom is 0.240 e. The van der Waals surface area contributed by atoms with Crippen molar-refractivity contribution in [1.29, 1.82) is 0 Å². The van der Waals surface area contributed by atoms with Crippen LogP contribution >= 0.6 is 0 Å². The van der Waals surface area contributed by atoms with E-state index in [0.29, 0.717) is 19.4 Å². The first-order valence-corrected chi connectivity index (χ1v) is 13.8. The molecule has 0 spiro atoms. The summed E-state index contributed by atoms with van der Waals surface area (Å²) in [6.07, 6.45) is 2.40. The van der Waals surface area contributed by atoms with Gasteiger partial charge in [-0.15, -0.1) is 0 Å². The topological polar surface area (TPSA) is 116 Å². The number of amides is 2. The first kappa shape index (κ1) is 30.4. The molecule has 7 atom stereocenters. The van der Waals surface area contributed by atoms with Crippen molar-refractivity contribution in [3.05, 3.63) is 0 Å². The van der Waals surface area contributed by atoms with Crippen LogP contribution in [0.5, 0.6) is 0 Å². The van der Waals surface area contributed by atoms with Crippen molar-refractivity contribution in [2.75, 3.05) is 13.6 Å². The highest BCUT2D eigenvalue weighted by atomic mass is 16.3. The monoisotopic (exact) mass is 507 g/mol. The number of carbonyl (C=O) groups excluding carboxylic acids is 4. The lowest BCUT2D eigenvalue weighted by atomic mass is 9.83. The first-order valence-electron chi connectivity index (χ1n) is 13.8. The highest BCUT2D eigenvalue weighted by Crippen LogP contribution is 2.47. The molecule has 2 amide bonds. The van der Waals surface area contributed by atoms with Crippen LogP contribution in [0.1, 0.15) is 87.0 Å². The number of likely N-dealkylation sites (N-methyl/N-ethyl adjacent to an activating group) is 1. The first-order chi connectivity index (χ1) is 16.8. The third-order valence-electron chi connectivity index (χ3n) is 8.38. The average Bonchev–Trinajstić information content (AvgIpc) is 3.56. The van der Waals surface area contributed by atoms with Gasteiger partial charge in [0.05, 0.1) is 30.1 Å². The van der Waals surface area contributed by atoms with E-state index >= 15 is 0 Å². The fourth-order valence-corrected chi connectivity index (χ4v) is 5.40. The zero-order valence-electron chi connectivity index (χ0n) is 23.6. The summed E-state index contributed by atoms with van der Waals surface area (Å²) in [4.78, 5) is 55.0. The molecule has 0 aromatic rings. The number of nitrogens with one attached hydrogen (secondary N) is 2. The van der Waals surface area contributed by atoms with E-state index in [2.05, 4.69) is 10.6 Å².